The number of allylic oxidation sites excluding steroid dienone is 14. The second kappa shape index (κ2) is 71.1. The lowest BCUT2D eigenvalue weighted by molar-refractivity contribution is -0.167. The van der Waals surface area contributed by atoms with E-state index in [9.17, 15) is 14.4 Å². The van der Waals surface area contributed by atoms with E-state index in [0.29, 0.717) is 19.3 Å². The van der Waals surface area contributed by atoms with E-state index in [0.717, 1.165) is 109 Å². The lowest BCUT2D eigenvalue weighted by atomic mass is 10.0. The Morgan fingerprint density at radius 1 is 0.253 bits per heavy atom. The molecule has 0 N–H and O–H groups in total. The fourth-order valence-corrected chi connectivity index (χ4v) is 10.5. The molecule has 0 aliphatic rings. The highest BCUT2D eigenvalue weighted by Gasteiger charge is 2.19. The molecule has 1 atom stereocenters. The zero-order valence-corrected chi connectivity index (χ0v) is 55.2. The summed E-state index contributed by atoms with van der Waals surface area (Å²) in [5.74, 6) is -0.858. The van der Waals surface area contributed by atoms with Gasteiger partial charge in [0.2, 0.25) is 0 Å². The summed E-state index contributed by atoms with van der Waals surface area (Å²) in [6.07, 6.45) is 94.7. The third-order valence-electron chi connectivity index (χ3n) is 15.9. The molecule has 0 saturated heterocycles. The Hall–Kier alpha value is -3.41. The Morgan fingerprint density at radius 2 is 0.470 bits per heavy atom. The molecule has 0 aliphatic carbocycles. The van der Waals surface area contributed by atoms with Crippen LogP contribution < -0.4 is 0 Å². The lowest BCUT2D eigenvalue weighted by Gasteiger charge is -2.18. The molecule has 480 valence electrons. The highest BCUT2D eigenvalue weighted by molar-refractivity contribution is 5.71. The fourth-order valence-electron chi connectivity index (χ4n) is 10.5. The normalized spacial score (nSPS) is 12.6. The fraction of sp³-hybridized carbons (Fsp3) is 0.779. The molecule has 6 heteroatoms. The predicted octanol–water partition coefficient (Wildman–Crippen LogP) is 25.0. The standard InChI is InChI=1S/C77H136O6/c1-4-7-10-13-16-19-22-24-26-28-30-32-34-35-36-37-38-39-40-41-43-44-46-48-50-52-55-58-61-64-67-70-76(79)82-73-74(72-81-75(78)69-66-63-60-57-54-21-18-15-12-9-6-3)83-77(80)71-68-65-62-59-56-53-51-49-47-45-42-33-31-29-27-25-23-20-17-14-11-8-5-2/h7,10,16,19,24,26,30,32,35-36,38-39,41,43,74H,4-6,8-9,11-15,17-18,20-23,25,27-29,31,33-34,37,40,42,44-73H2,1-3H3/b10-7-,19-16-,26-24-,32-30-,36-35-,39-38-,43-41-. The van der Waals surface area contributed by atoms with Gasteiger partial charge in [0.15, 0.2) is 6.10 Å². The first kappa shape index (κ1) is 79.6. The van der Waals surface area contributed by atoms with Crippen LogP contribution in [-0.2, 0) is 28.6 Å². The zero-order valence-electron chi connectivity index (χ0n) is 55.2. The van der Waals surface area contributed by atoms with Crippen LogP contribution in [0.15, 0.2) is 85.1 Å². The van der Waals surface area contributed by atoms with Crippen molar-refractivity contribution in [1.29, 1.82) is 0 Å². The summed E-state index contributed by atoms with van der Waals surface area (Å²) in [7, 11) is 0. The van der Waals surface area contributed by atoms with Crippen LogP contribution in [-0.4, -0.2) is 37.2 Å². The average Bonchev–Trinajstić information content (AvgIpc) is 3.48. The molecule has 83 heavy (non-hydrogen) atoms. The third-order valence-corrected chi connectivity index (χ3v) is 15.9. The maximum absolute atomic E-state index is 12.9. The zero-order chi connectivity index (χ0) is 59.9. The molecule has 0 spiro atoms. The smallest absolute Gasteiger partial charge is 0.306 e. The SMILES string of the molecule is CC/C=C\C/C=C\C/C=C\C/C=C\C/C=C\C/C=C\C/C=C\CCCCCCCCCCCC(=O)OCC(COC(=O)CCCCCCCCCCCCC)OC(=O)CCCCCCCCCCCCCCCCCCCCCCCCC. The van der Waals surface area contributed by atoms with Gasteiger partial charge in [-0.2, -0.15) is 0 Å². The van der Waals surface area contributed by atoms with E-state index in [1.165, 1.54) is 218 Å². The van der Waals surface area contributed by atoms with Gasteiger partial charge in [-0.1, -0.05) is 356 Å². The molecule has 0 radical (unpaired) electrons. The maximum Gasteiger partial charge on any atom is 0.306 e. The van der Waals surface area contributed by atoms with E-state index in [2.05, 4.69) is 106 Å². The molecule has 1 unspecified atom stereocenters. The number of ether oxygens (including phenoxy) is 3. The van der Waals surface area contributed by atoms with Crippen LogP contribution in [0.25, 0.3) is 0 Å². The van der Waals surface area contributed by atoms with Crippen LogP contribution in [0.3, 0.4) is 0 Å². The summed E-state index contributed by atoms with van der Waals surface area (Å²) in [6, 6.07) is 0. The molecule has 0 rings (SSSR count). The van der Waals surface area contributed by atoms with Gasteiger partial charge in [0, 0.05) is 19.3 Å². The van der Waals surface area contributed by atoms with Crippen molar-refractivity contribution >= 4 is 17.9 Å². The Bertz CT molecular complexity index is 1570. The van der Waals surface area contributed by atoms with Gasteiger partial charge in [-0.3, -0.25) is 14.4 Å². The Kier molecular flexibility index (Phi) is 68.2. The minimum absolute atomic E-state index is 0.0724. The Labute approximate surface area is 515 Å². The van der Waals surface area contributed by atoms with Gasteiger partial charge in [0.25, 0.3) is 0 Å². The van der Waals surface area contributed by atoms with E-state index >= 15 is 0 Å². The quantitative estimate of drug-likeness (QED) is 0.0261. The number of carbonyl (C=O) groups is 3. The Morgan fingerprint density at radius 3 is 0.735 bits per heavy atom. The number of hydrogen-bond acceptors (Lipinski definition) is 6. The van der Waals surface area contributed by atoms with Crippen molar-refractivity contribution in [3.63, 3.8) is 0 Å². The van der Waals surface area contributed by atoms with Crippen LogP contribution in [0, 0.1) is 0 Å². The van der Waals surface area contributed by atoms with E-state index in [1.807, 2.05) is 0 Å². The van der Waals surface area contributed by atoms with Gasteiger partial charge < -0.3 is 14.2 Å². The number of hydrogen-bond donors (Lipinski definition) is 0. The summed E-state index contributed by atoms with van der Waals surface area (Å²) in [6.45, 7) is 6.57. The van der Waals surface area contributed by atoms with Crippen molar-refractivity contribution in [2.75, 3.05) is 13.2 Å². The molecule has 0 heterocycles. The molecule has 0 fully saturated rings. The van der Waals surface area contributed by atoms with Gasteiger partial charge >= 0.3 is 17.9 Å². The van der Waals surface area contributed by atoms with Gasteiger partial charge in [0.05, 0.1) is 0 Å². The maximum atomic E-state index is 12.9. The van der Waals surface area contributed by atoms with Gasteiger partial charge in [-0.25, -0.2) is 0 Å². The van der Waals surface area contributed by atoms with Gasteiger partial charge in [0.1, 0.15) is 13.2 Å². The molecule has 0 aromatic heterocycles. The molecule has 0 aliphatic heterocycles. The molecule has 0 saturated carbocycles. The van der Waals surface area contributed by atoms with Crippen LogP contribution in [0.5, 0.6) is 0 Å². The summed E-state index contributed by atoms with van der Waals surface area (Å²) in [5.41, 5.74) is 0. The van der Waals surface area contributed by atoms with E-state index in [1.54, 1.807) is 0 Å². The first-order valence-electron chi connectivity index (χ1n) is 36.1. The van der Waals surface area contributed by atoms with Crippen molar-refractivity contribution in [1.82, 2.24) is 0 Å². The summed E-state index contributed by atoms with van der Waals surface area (Å²) in [5, 5.41) is 0. The highest BCUT2D eigenvalue weighted by atomic mass is 16.6. The van der Waals surface area contributed by atoms with Crippen LogP contribution in [0.4, 0.5) is 0 Å². The highest BCUT2D eigenvalue weighted by Crippen LogP contribution is 2.18. The number of unbranched alkanes of at least 4 members (excludes halogenated alkanes) is 41. The molecule has 0 bridgehead atoms. The predicted molar refractivity (Wildman–Crippen MR) is 362 cm³/mol. The molecule has 0 aromatic carbocycles. The molecule has 0 amide bonds. The lowest BCUT2D eigenvalue weighted by Crippen LogP contribution is -2.30. The number of rotatable bonds is 66. The first-order valence-corrected chi connectivity index (χ1v) is 36.1. The van der Waals surface area contributed by atoms with Crippen molar-refractivity contribution in [2.24, 2.45) is 0 Å². The minimum atomic E-state index is -0.776. The van der Waals surface area contributed by atoms with Crippen molar-refractivity contribution < 1.29 is 28.6 Å². The van der Waals surface area contributed by atoms with Crippen LogP contribution >= 0.6 is 0 Å². The molecule has 0 aromatic rings. The summed E-state index contributed by atoms with van der Waals surface area (Å²) < 4.78 is 17.0. The number of carbonyl (C=O) groups excluding carboxylic acids is 3. The van der Waals surface area contributed by atoms with Gasteiger partial charge in [-0.05, 0) is 77.0 Å². The van der Waals surface area contributed by atoms with E-state index in [4.69, 9.17) is 14.2 Å². The number of esters is 3. The minimum Gasteiger partial charge on any atom is -0.462 e. The molecular weight excluding hydrogens is 1020 g/mol. The summed E-state index contributed by atoms with van der Waals surface area (Å²) in [4.78, 5) is 38.4. The molecular formula is C77H136O6. The average molecular weight is 1160 g/mol. The van der Waals surface area contributed by atoms with Gasteiger partial charge in [-0.15, -0.1) is 0 Å². The summed E-state index contributed by atoms with van der Waals surface area (Å²) >= 11 is 0. The van der Waals surface area contributed by atoms with Crippen molar-refractivity contribution in [3.05, 3.63) is 85.1 Å². The monoisotopic (exact) mass is 1160 g/mol. The second-order valence-corrected chi connectivity index (χ2v) is 24.1. The first-order chi connectivity index (χ1) is 41.0. The second-order valence-electron chi connectivity index (χ2n) is 24.1. The van der Waals surface area contributed by atoms with Crippen molar-refractivity contribution in [2.45, 2.75) is 374 Å². The van der Waals surface area contributed by atoms with E-state index < -0.39 is 6.10 Å². The topological polar surface area (TPSA) is 78.9 Å². The van der Waals surface area contributed by atoms with Crippen LogP contribution in [0.1, 0.15) is 367 Å². The Balaban J connectivity index is 4.21. The van der Waals surface area contributed by atoms with Crippen LogP contribution in [0.2, 0.25) is 0 Å². The van der Waals surface area contributed by atoms with Crippen molar-refractivity contribution in [3.8, 4) is 0 Å². The van der Waals surface area contributed by atoms with E-state index in [-0.39, 0.29) is 31.1 Å². The largest absolute Gasteiger partial charge is 0.462 e. The molecule has 6 nitrogen and oxygen atoms in total. The third kappa shape index (κ3) is 69.3.